The highest BCUT2D eigenvalue weighted by molar-refractivity contribution is 5.95. The van der Waals surface area contributed by atoms with Crippen LogP contribution in [0.1, 0.15) is 29.3 Å². The molecule has 5 nitrogen and oxygen atoms in total. The lowest BCUT2D eigenvalue weighted by Gasteiger charge is -2.13. The summed E-state index contributed by atoms with van der Waals surface area (Å²) in [6, 6.07) is 11.1. The van der Waals surface area contributed by atoms with E-state index < -0.39 is 17.6 Å². The summed E-state index contributed by atoms with van der Waals surface area (Å²) in [6.07, 6.45) is -2.56. The number of halogens is 4. The van der Waals surface area contributed by atoms with Crippen LogP contribution in [0.15, 0.2) is 59.3 Å². The van der Waals surface area contributed by atoms with Gasteiger partial charge in [-0.1, -0.05) is 18.2 Å². The first-order valence-corrected chi connectivity index (χ1v) is 10.3. The molecule has 0 spiro atoms. The topological polar surface area (TPSA) is 78.3 Å². The van der Waals surface area contributed by atoms with Crippen LogP contribution < -0.4 is 10.5 Å². The first-order chi connectivity index (χ1) is 16.2. The van der Waals surface area contributed by atoms with E-state index in [-0.39, 0.29) is 53.1 Å². The van der Waals surface area contributed by atoms with Gasteiger partial charge >= 0.3 is 6.18 Å². The van der Waals surface area contributed by atoms with Crippen LogP contribution in [0.3, 0.4) is 0 Å². The van der Waals surface area contributed by atoms with Crippen molar-refractivity contribution >= 4 is 16.8 Å². The molecule has 2 heterocycles. The predicted molar refractivity (Wildman–Crippen MR) is 117 cm³/mol. The second kappa shape index (κ2) is 9.26. The van der Waals surface area contributed by atoms with Gasteiger partial charge in [-0.3, -0.25) is 9.78 Å². The zero-order chi connectivity index (χ0) is 24.5. The van der Waals surface area contributed by atoms with Crippen LogP contribution in [0.25, 0.3) is 22.1 Å². The van der Waals surface area contributed by atoms with E-state index in [4.69, 9.17) is 14.9 Å². The summed E-state index contributed by atoms with van der Waals surface area (Å²) in [7, 11) is 0. The van der Waals surface area contributed by atoms with Crippen LogP contribution in [-0.4, -0.2) is 10.8 Å². The smallest absolute Gasteiger partial charge is 0.420 e. The lowest BCUT2D eigenvalue weighted by atomic mass is 9.98. The van der Waals surface area contributed by atoms with Crippen molar-refractivity contribution in [3.05, 3.63) is 83.1 Å². The molecule has 0 unspecified atom stereocenters. The number of carbonyl (C=O) groups is 1. The van der Waals surface area contributed by atoms with Crippen molar-refractivity contribution in [1.29, 1.82) is 0 Å². The van der Waals surface area contributed by atoms with Crippen molar-refractivity contribution in [2.45, 2.75) is 32.7 Å². The van der Waals surface area contributed by atoms with Crippen molar-refractivity contribution in [1.82, 2.24) is 4.98 Å². The molecule has 0 amide bonds. The van der Waals surface area contributed by atoms with Gasteiger partial charge in [-0.15, -0.1) is 0 Å². The molecule has 34 heavy (non-hydrogen) atoms. The zero-order valence-corrected chi connectivity index (χ0v) is 18.1. The van der Waals surface area contributed by atoms with Crippen molar-refractivity contribution in [3.63, 3.8) is 0 Å². The highest BCUT2D eigenvalue weighted by Gasteiger charge is 2.35. The maximum atomic E-state index is 15.0. The number of nitrogens with two attached hydrogens (primary N) is 1. The number of Topliss-reactive ketones (excluding diaryl/α,β-unsaturated/α-hetero) is 1. The van der Waals surface area contributed by atoms with Gasteiger partial charge in [0.15, 0.2) is 5.82 Å². The minimum Gasteiger partial charge on any atom is -0.489 e. The molecular weight excluding hydrogens is 452 g/mol. The quantitative estimate of drug-likeness (QED) is 0.343. The molecule has 2 N–H and O–H groups in total. The fraction of sp³-hybridized carbons (Fsp3) is 0.200. The highest BCUT2D eigenvalue weighted by atomic mass is 19.4. The van der Waals surface area contributed by atoms with Crippen molar-refractivity contribution < 1.29 is 31.5 Å². The summed E-state index contributed by atoms with van der Waals surface area (Å²) in [6.45, 7) is 1.16. The Labute approximate surface area is 192 Å². The molecule has 2 aromatic heterocycles. The molecule has 0 saturated carbocycles. The average Bonchev–Trinajstić information content (AvgIpc) is 3.22. The van der Waals surface area contributed by atoms with Gasteiger partial charge in [0.05, 0.1) is 5.69 Å². The minimum absolute atomic E-state index is 0.0161. The first kappa shape index (κ1) is 23.4. The predicted octanol–water partition coefficient (Wildman–Crippen LogP) is 5.82. The van der Waals surface area contributed by atoms with Gasteiger partial charge in [-0.05, 0) is 36.8 Å². The van der Waals surface area contributed by atoms with Gasteiger partial charge in [0.2, 0.25) is 0 Å². The number of pyridine rings is 1. The molecule has 0 saturated heterocycles. The summed E-state index contributed by atoms with van der Waals surface area (Å²) in [5.74, 6) is -0.360. The normalized spacial score (nSPS) is 11.7. The first-order valence-electron chi connectivity index (χ1n) is 10.3. The van der Waals surface area contributed by atoms with Gasteiger partial charge in [-0.25, -0.2) is 4.39 Å². The standard InChI is InChI=1S/C25H20F4N2O3/c1-14(32)8-16-4-2-3-5-22(16)33-12-15-9-18(17-6-7-31-21(11-30)23(17)26)24-19(10-15)20(13-34-24)25(27,28)29/h2-7,9-10,13H,8,11-12,30H2,1H3. The summed E-state index contributed by atoms with van der Waals surface area (Å²) in [4.78, 5) is 15.4. The molecule has 0 bridgehead atoms. The monoisotopic (exact) mass is 472 g/mol. The van der Waals surface area contributed by atoms with E-state index in [1.54, 1.807) is 24.3 Å². The Morgan fingerprint density at radius 2 is 1.91 bits per heavy atom. The largest absolute Gasteiger partial charge is 0.489 e. The number of hydrogen-bond donors (Lipinski definition) is 1. The summed E-state index contributed by atoms with van der Waals surface area (Å²) < 4.78 is 67.0. The molecule has 0 aliphatic carbocycles. The van der Waals surface area contributed by atoms with E-state index in [1.165, 1.54) is 31.3 Å². The lowest BCUT2D eigenvalue weighted by Crippen LogP contribution is -2.06. The number of benzene rings is 2. The van der Waals surface area contributed by atoms with Crippen LogP contribution in [0.2, 0.25) is 0 Å². The average molecular weight is 472 g/mol. The van der Waals surface area contributed by atoms with E-state index in [9.17, 15) is 18.0 Å². The van der Waals surface area contributed by atoms with Crippen LogP contribution in [0.4, 0.5) is 17.6 Å². The van der Waals surface area contributed by atoms with Gasteiger partial charge in [-0.2, -0.15) is 13.2 Å². The number of nitrogens with zero attached hydrogens (tertiary/aromatic N) is 1. The third-order valence-corrected chi connectivity index (χ3v) is 5.29. The third-order valence-electron chi connectivity index (χ3n) is 5.29. The summed E-state index contributed by atoms with van der Waals surface area (Å²) >= 11 is 0. The minimum atomic E-state index is -4.67. The molecular formula is C25H20F4N2O3. The third kappa shape index (κ3) is 4.65. The molecule has 2 aromatic carbocycles. The maximum Gasteiger partial charge on any atom is 0.420 e. The van der Waals surface area contributed by atoms with E-state index in [0.29, 0.717) is 23.1 Å². The Morgan fingerprint density at radius 3 is 2.62 bits per heavy atom. The number of hydrogen-bond acceptors (Lipinski definition) is 5. The molecule has 4 aromatic rings. The molecule has 9 heteroatoms. The summed E-state index contributed by atoms with van der Waals surface area (Å²) in [5, 5.41) is -0.217. The van der Waals surface area contributed by atoms with Gasteiger partial charge in [0.25, 0.3) is 0 Å². The van der Waals surface area contributed by atoms with E-state index in [0.717, 1.165) is 0 Å². The molecule has 0 fully saturated rings. The van der Waals surface area contributed by atoms with Crippen LogP contribution in [0, 0.1) is 5.82 Å². The number of rotatable bonds is 7. The number of furan rings is 1. The maximum absolute atomic E-state index is 15.0. The van der Waals surface area contributed by atoms with Gasteiger partial charge in [0.1, 0.15) is 35.5 Å². The molecule has 4 rings (SSSR count). The van der Waals surface area contributed by atoms with Crippen LogP contribution in [0.5, 0.6) is 5.75 Å². The molecule has 0 aliphatic heterocycles. The SMILES string of the molecule is CC(=O)Cc1ccccc1OCc1cc(-c2ccnc(CN)c2F)c2occ(C(F)(F)F)c2c1. The fourth-order valence-electron chi connectivity index (χ4n) is 3.76. The molecule has 0 aliphatic rings. The second-order valence-corrected chi connectivity index (χ2v) is 7.77. The fourth-order valence-corrected chi connectivity index (χ4v) is 3.76. The number of carbonyl (C=O) groups excluding carboxylic acids is 1. The number of aromatic nitrogens is 1. The number of ketones is 1. The summed E-state index contributed by atoms with van der Waals surface area (Å²) in [5.41, 5.74) is 5.59. The highest BCUT2D eigenvalue weighted by Crippen LogP contribution is 2.41. The van der Waals surface area contributed by atoms with Gasteiger partial charge in [0, 0.05) is 41.2 Å². The van der Waals surface area contributed by atoms with E-state index in [1.807, 2.05) is 0 Å². The molecule has 0 radical (unpaired) electrons. The Morgan fingerprint density at radius 1 is 1.15 bits per heavy atom. The number of fused-ring (bicyclic) bond motifs is 1. The van der Waals surface area contributed by atoms with E-state index >= 15 is 4.39 Å². The van der Waals surface area contributed by atoms with Crippen LogP contribution >= 0.6 is 0 Å². The van der Waals surface area contributed by atoms with Crippen molar-refractivity contribution in [3.8, 4) is 16.9 Å². The lowest BCUT2D eigenvalue weighted by molar-refractivity contribution is -0.136. The van der Waals surface area contributed by atoms with Crippen LogP contribution in [-0.2, 0) is 30.5 Å². The second-order valence-electron chi connectivity index (χ2n) is 7.77. The van der Waals surface area contributed by atoms with Crippen molar-refractivity contribution in [2.75, 3.05) is 0 Å². The Balaban J connectivity index is 1.82. The van der Waals surface area contributed by atoms with Crippen molar-refractivity contribution in [2.24, 2.45) is 5.73 Å². The zero-order valence-electron chi connectivity index (χ0n) is 18.1. The molecule has 176 valence electrons. The Kier molecular flexibility index (Phi) is 6.39. The van der Waals surface area contributed by atoms with Gasteiger partial charge < -0.3 is 14.9 Å². The Hall–Kier alpha value is -3.72. The Bertz CT molecular complexity index is 1360. The number of alkyl halides is 3. The molecule has 0 atom stereocenters. The number of ether oxygens (including phenoxy) is 1. The number of para-hydroxylation sites is 1. The van der Waals surface area contributed by atoms with E-state index in [2.05, 4.69) is 4.98 Å².